The van der Waals surface area contributed by atoms with Crippen molar-refractivity contribution < 1.29 is 9.90 Å². The minimum Gasteiger partial charge on any atom is -0.481 e. The van der Waals surface area contributed by atoms with Crippen LogP contribution in [0.1, 0.15) is 33.6 Å². The lowest BCUT2D eigenvalue weighted by molar-refractivity contribution is -0.138. The molecule has 0 saturated heterocycles. The molecule has 0 amide bonds. The van der Waals surface area contributed by atoms with Crippen LogP contribution in [0.15, 0.2) is 0 Å². The summed E-state index contributed by atoms with van der Waals surface area (Å²) in [6.07, 6.45) is 1.03. The van der Waals surface area contributed by atoms with Crippen LogP contribution in [-0.2, 0) is 4.79 Å². The Balaban J connectivity index is 4.04. The summed E-state index contributed by atoms with van der Waals surface area (Å²) < 4.78 is 0. The molecule has 0 heterocycles. The molecule has 3 nitrogen and oxygen atoms in total. The van der Waals surface area contributed by atoms with Crippen LogP contribution in [0.4, 0.5) is 0 Å². The molecule has 0 saturated carbocycles. The van der Waals surface area contributed by atoms with Crippen molar-refractivity contribution in [2.45, 2.75) is 39.7 Å². The highest BCUT2D eigenvalue weighted by Crippen LogP contribution is 2.17. The zero-order valence-electron chi connectivity index (χ0n) is 8.08. The summed E-state index contributed by atoms with van der Waals surface area (Å²) in [6, 6.07) is 0.00565. The maximum Gasteiger partial charge on any atom is 0.303 e. The molecule has 12 heavy (non-hydrogen) atoms. The van der Waals surface area contributed by atoms with Gasteiger partial charge in [-0.3, -0.25) is 4.79 Å². The van der Waals surface area contributed by atoms with E-state index in [4.69, 9.17) is 10.8 Å². The third-order valence-corrected chi connectivity index (χ3v) is 2.28. The van der Waals surface area contributed by atoms with Gasteiger partial charge in [-0.05, 0) is 11.8 Å². The van der Waals surface area contributed by atoms with Crippen molar-refractivity contribution in [3.05, 3.63) is 0 Å². The van der Waals surface area contributed by atoms with Gasteiger partial charge in [0.25, 0.3) is 0 Å². The predicted octanol–water partition coefficient (Wildman–Crippen LogP) is 1.47. The van der Waals surface area contributed by atoms with E-state index in [0.717, 1.165) is 6.42 Å². The maximum absolute atomic E-state index is 10.4. The molecular formula is C9H19NO2. The van der Waals surface area contributed by atoms with Gasteiger partial charge in [-0.15, -0.1) is 0 Å². The molecule has 72 valence electrons. The monoisotopic (exact) mass is 173 g/mol. The van der Waals surface area contributed by atoms with E-state index in [1.807, 2.05) is 20.8 Å². The maximum atomic E-state index is 10.4. The molecule has 0 aliphatic rings. The summed E-state index contributed by atoms with van der Waals surface area (Å²) in [5, 5.41) is 8.59. The first-order valence-corrected chi connectivity index (χ1v) is 4.46. The number of rotatable bonds is 5. The molecule has 3 heteroatoms. The van der Waals surface area contributed by atoms with E-state index in [1.54, 1.807) is 0 Å². The fourth-order valence-electron chi connectivity index (χ4n) is 1.32. The van der Waals surface area contributed by atoms with Gasteiger partial charge >= 0.3 is 5.97 Å². The lowest BCUT2D eigenvalue weighted by atomic mass is 9.87. The number of carbonyl (C=O) groups is 1. The van der Waals surface area contributed by atoms with Crippen LogP contribution in [0, 0.1) is 11.8 Å². The Morgan fingerprint density at radius 1 is 1.50 bits per heavy atom. The molecule has 0 aromatic carbocycles. The van der Waals surface area contributed by atoms with Gasteiger partial charge in [-0.1, -0.05) is 27.2 Å². The molecule has 0 spiro atoms. The molecule has 0 aliphatic carbocycles. The van der Waals surface area contributed by atoms with Gasteiger partial charge in [-0.25, -0.2) is 0 Å². The average molecular weight is 173 g/mol. The van der Waals surface area contributed by atoms with Crippen LogP contribution in [0.3, 0.4) is 0 Å². The highest BCUT2D eigenvalue weighted by Gasteiger charge is 2.21. The quantitative estimate of drug-likeness (QED) is 0.661. The summed E-state index contributed by atoms with van der Waals surface area (Å²) >= 11 is 0. The zero-order chi connectivity index (χ0) is 9.72. The Kier molecular flexibility index (Phi) is 4.90. The predicted molar refractivity (Wildman–Crippen MR) is 48.8 cm³/mol. The second-order valence-corrected chi connectivity index (χ2v) is 3.59. The molecule has 0 rings (SSSR count). The summed E-state index contributed by atoms with van der Waals surface area (Å²) in [5.41, 5.74) is 5.86. The SMILES string of the molecule is CC[C@H](CC(=O)O)[C@@H](N)C(C)C. The molecule has 0 aromatic rings. The van der Waals surface area contributed by atoms with Crippen molar-refractivity contribution in [1.82, 2.24) is 0 Å². The Hall–Kier alpha value is -0.570. The number of hydrogen-bond donors (Lipinski definition) is 2. The summed E-state index contributed by atoms with van der Waals surface area (Å²) in [7, 11) is 0. The Morgan fingerprint density at radius 3 is 2.25 bits per heavy atom. The van der Waals surface area contributed by atoms with E-state index in [0.29, 0.717) is 5.92 Å². The number of hydrogen-bond acceptors (Lipinski definition) is 2. The van der Waals surface area contributed by atoms with Crippen molar-refractivity contribution in [1.29, 1.82) is 0 Å². The van der Waals surface area contributed by atoms with Gasteiger partial charge in [0.05, 0.1) is 0 Å². The van der Waals surface area contributed by atoms with E-state index in [1.165, 1.54) is 0 Å². The van der Waals surface area contributed by atoms with Crippen LogP contribution in [-0.4, -0.2) is 17.1 Å². The first-order chi connectivity index (χ1) is 5.49. The smallest absolute Gasteiger partial charge is 0.303 e. The van der Waals surface area contributed by atoms with E-state index in [-0.39, 0.29) is 18.4 Å². The van der Waals surface area contributed by atoms with Crippen LogP contribution < -0.4 is 5.73 Å². The average Bonchev–Trinajstić information content (AvgIpc) is 1.98. The van der Waals surface area contributed by atoms with E-state index in [2.05, 4.69) is 0 Å². The van der Waals surface area contributed by atoms with Crippen LogP contribution in [0.2, 0.25) is 0 Å². The second-order valence-electron chi connectivity index (χ2n) is 3.59. The molecule has 0 aromatic heterocycles. The lowest BCUT2D eigenvalue weighted by Gasteiger charge is -2.24. The third kappa shape index (κ3) is 3.72. The van der Waals surface area contributed by atoms with Crippen molar-refractivity contribution >= 4 is 5.97 Å². The topological polar surface area (TPSA) is 63.3 Å². The summed E-state index contributed by atoms with van der Waals surface area (Å²) in [4.78, 5) is 10.4. The number of carboxylic acid groups (broad SMARTS) is 1. The molecule has 0 aliphatic heterocycles. The fourth-order valence-corrected chi connectivity index (χ4v) is 1.32. The Morgan fingerprint density at radius 2 is 2.00 bits per heavy atom. The fraction of sp³-hybridized carbons (Fsp3) is 0.889. The molecular weight excluding hydrogens is 154 g/mol. The minimum atomic E-state index is -0.752. The molecule has 0 bridgehead atoms. The van der Waals surface area contributed by atoms with Gasteiger partial charge < -0.3 is 10.8 Å². The van der Waals surface area contributed by atoms with Gasteiger partial charge in [0, 0.05) is 12.5 Å². The molecule has 2 atom stereocenters. The minimum absolute atomic E-state index is 0.00565. The first-order valence-electron chi connectivity index (χ1n) is 4.46. The standard InChI is InChI=1S/C9H19NO2/c1-4-7(5-8(11)12)9(10)6(2)3/h6-7,9H,4-5,10H2,1-3H3,(H,11,12)/t7-,9+/m1/s1. The Bertz CT molecular complexity index is 145. The number of aliphatic carboxylic acids is 1. The normalized spacial score (nSPS) is 16.1. The van der Waals surface area contributed by atoms with Crippen LogP contribution in [0.25, 0.3) is 0 Å². The second kappa shape index (κ2) is 5.14. The van der Waals surface area contributed by atoms with Crippen molar-refractivity contribution in [2.24, 2.45) is 17.6 Å². The molecule has 0 radical (unpaired) electrons. The Labute approximate surface area is 74.0 Å². The highest BCUT2D eigenvalue weighted by atomic mass is 16.4. The first kappa shape index (κ1) is 11.4. The summed E-state index contributed by atoms with van der Waals surface area (Å²) in [5.74, 6) is -0.283. The van der Waals surface area contributed by atoms with Crippen molar-refractivity contribution in [3.63, 3.8) is 0 Å². The van der Waals surface area contributed by atoms with Crippen LogP contribution >= 0.6 is 0 Å². The van der Waals surface area contributed by atoms with E-state index >= 15 is 0 Å². The lowest BCUT2D eigenvalue weighted by Crippen LogP contribution is -2.36. The third-order valence-electron chi connectivity index (χ3n) is 2.28. The molecule has 0 unspecified atom stereocenters. The van der Waals surface area contributed by atoms with Crippen molar-refractivity contribution in [2.75, 3.05) is 0 Å². The highest BCUT2D eigenvalue weighted by molar-refractivity contribution is 5.67. The van der Waals surface area contributed by atoms with Gasteiger partial charge in [-0.2, -0.15) is 0 Å². The largest absolute Gasteiger partial charge is 0.481 e. The number of carboxylic acids is 1. The van der Waals surface area contributed by atoms with Gasteiger partial charge in [0.2, 0.25) is 0 Å². The summed E-state index contributed by atoms with van der Waals surface area (Å²) in [6.45, 7) is 6.03. The molecule has 0 fully saturated rings. The van der Waals surface area contributed by atoms with Gasteiger partial charge in [0.15, 0.2) is 0 Å². The van der Waals surface area contributed by atoms with E-state index < -0.39 is 5.97 Å². The van der Waals surface area contributed by atoms with E-state index in [9.17, 15) is 4.79 Å². The van der Waals surface area contributed by atoms with Crippen LogP contribution in [0.5, 0.6) is 0 Å². The van der Waals surface area contributed by atoms with Crippen molar-refractivity contribution in [3.8, 4) is 0 Å². The molecule has 3 N–H and O–H groups in total. The number of nitrogens with two attached hydrogens (primary N) is 1. The van der Waals surface area contributed by atoms with Gasteiger partial charge in [0.1, 0.15) is 0 Å². The zero-order valence-corrected chi connectivity index (χ0v) is 8.08.